The summed E-state index contributed by atoms with van der Waals surface area (Å²) in [6.07, 6.45) is 6.22. The number of sulfonamides is 1. The highest BCUT2D eigenvalue weighted by Crippen LogP contribution is 2.19. The van der Waals surface area contributed by atoms with Crippen LogP contribution in [0, 0.1) is 0 Å². The average molecular weight is 300 g/mol. The zero-order valence-electron chi connectivity index (χ0n) is 11.6. The van der Waals surface area contributed by atoms with Crippen LogP contribution in [-0.4, -0.2) is 50.9 Å². The van der Waals surface area contributed by atoms with E-state index in [4.69, 9.17) is 4.74 Å². The molecule has 0 spiro atoms. The molecule has 1 aromatic rings. The standard InChI is InChI=1S/C12H20N4O3S/c1-20(17,18)15-5-8-19-12-9-11(13-10-14-12)16-6-3-2-4-7-16/h9-10,15H,2-8H2,1H3. The van der Waals surface area contributed by atoms with Crippen LogP contribution < -0.4 is 14.4 Å². The SMILES string of the molecule is CS(=O)(=O)NCCOc1cc(N2CCCCC2)ncn1. The molecule has 0 radical (unpaired) electrons. The predicted molar refractivity (Wildman–Crippen MR) is 76.4 cm³/mol. The van der Waals surface area contributed by atoms with E-state index in [0.29, 0.717) is 5.88 Å². The van der Waals surface area contributed by atoms with E-state index in [2.05, 4.69) is 19.6 Å². The van der Waals surface area contributed by atoms with Crippen molar-refractivity contribution < 1.29 is 13.2 Å². The van der Waals surface area contributed by atoms with E-state index in [9.17, 15) is 8.42 Å². The van der Waals surface area contributed by atoms with Gasteiger partial charge >= 0.3 is 0 Å². The molecule has 1 aliphatic heterocycles. The fraction of sp³-hybridized carbons (Fsp3) is 0.667. The summed E-state index contributed by atoms with van der Waals surface area (Å²) in [6.45, 7) is 2.48. The van der Waals surface area contributed by atoms with Crippen molar-refractivity contribution in [2.75, 3.05) is 37.4 Å². The van der Waals surface area contributed by atoms with Crippen molar-refractivity contribution >= 4 is 15.8 Å². The number of ether oxygens (including phenoxy) is 1. The Morgan fingerprint density at radius 3 is 2.75 bits per heavy atom. The van der Waals surface area contributed by atoms with E-state index in [0.717, 1.165) is 25.2 Å². The molecule has 20 heavy (non-hydrogen) atoms. The molecule has 0 bridgehead atoms. The summed E-state index contributed by atoms with van der Waals surface area (Å²) in [5.41, 5.74) is 0. The van der Waals surface area contributed by atoms with Crippen molar-refractivity contribution in [2.45, 2.75) is 19.3 Å². The molecule has 0 amide bonds. The molecule has 0 aromatic carbocycles. The van der Waals surface area contributed by atoms with Crippen LogP contribution in [0.1, 0.15) is 19.3 Å². The molecule has 1 aliphatic rings. The molecule has 1 aromatic heterocycles. The van der Waals surface area contributed by atoms with Crippen molar-refractivity contribution in [1.82, 2.24) is 14.7 Å². The van der Waals surface area contributed by atoms with Crippen LogP contribution in [0.5, 0.6) is 5.88 Å². The van der Waals surface area contributed by atoms with E-state index < -0.39 is 10.0 Å². The lowest BCUT2D eigenvalue weighted by atomic mass is 10.1. The lowest BCUT2D eigenvalue weighted by Crippen LogP contribution is -2.30. The largest absolute Gasteiger partial charge is 0.476 e. The molecule has 1 N–H and O–H groups in total. The summed E-state index contributed by atoms with van der Waals surface area (Å²) >= 11 is 0. The molecule has 0 atom stereocenters. The predicted octanol–water partition coefficient (Wildman–Crippen LogP) is 0.395. The van der Waals surface area contributed by atoms with Gasteiger partial charge in [0, 0.05) is 25.7 Å². The van der Waals surface area contributed by atoms with Crippen LogP contribution in [0.3, 0.4) is 0 Å². The maximum atomic E-state index is 10.9. The number of rotatable bonds is 6. The van der Waals surface area contributed by atoms with Crippen LogP contribution >= 0.6 is 0 Å². The van der Waals surface area contributed by atoms with Gasteiger partial charge in [-0.05, 0) is 19.3 Å². The zero-order chi connectivity index (χ0) is 14.4. The number of nitrogens with zero attached hydrogens (tertiary/aromatic N) is 3. The Morgan fingerprint density at radius 1 is 1.30 bits per heavy atom. The highest BCUT2D eigenvalue weighted by molar-refractivity contribution is 7.88. The molecule has 7 nitrogen and oxygen atoms in total. The summed E-state index contributed by atoms with van der Waals surface area (Å²) in [6, 6.07) is 1.80. The van der Waals surface area contributed by atoms with Gasteiger partial charge in [0.1, 0.15) is 18.8 Å². The quantitative estimate of drug-likeness (QED) is 0.765. The summed E-state index contributed by atoms with van der Waals surface area (Å²) < 4.78 is 29.6. The molecular formula is C12H20N4O3S. The van der Waals surface area contributed by atoms with Crippen molar-refractivity contribution in [3.8, 4) is 5.88 Å². The minimum absolute atomic E-state index is 0.224. The van der Waals surface area contributed by atoms with E-state index >= 15 is 0 Å². The van der Waals surface area contributed by atoms with Gasteiger partial charge in [-0.15, -0.1) is 0 Å². The minimum atomic E-state index is -3.17. The first-order valence-corrected chi connectivity index (χ1v) is 8.58. The number of hydrogen-bond donors (Lipinski definition) is 1. The van der Waals surface area contributed by atoms with Crippen molar-refractivity contribution in [3.63, 3.8) is 0 Å². The van der Waals surface area contributed by atoms with Gasteiger partial charge in [-0.1, -0.05) is 0 Å². The van der Waals surface area contributed by atoms with E-state index in [1.807, 2.05) is 0 Å². The molecular weight excluding hydrogens is 280 g/mol. The Bertz CT molecular complexity index is 529. The van der Waals surface area contributed by atoms with E-state index in [1.54, 1.807) is 6.07 Å². The number of hydrogen-bond acceptors (Lipinski definition) is 6. The fourth-order valence-corrected chi connectivity index (χ4v) is 2.54. The lowest BCUT2D eigenvalue weighted by Gasteiger charge is -2.27. The fourth-order valence-electron chi connectivity index (χ4n) is 2.09. The molecule has 2 rings (SSSR count). The molecule has 2 heterocycles. The third kappa shape index (κ3) is 4.93. The van der Waals surface area contributed by atoms with Gasteiger partial charge in [0.2, 0.25) is 15.9 Å². The molecule has 0 saturated carbocycles. The Kier molecular flexibility index (Phi) is 5.13. The molecule has 1 saturated heterocycles. The summed E-state index contributed by atoms with van der Waals surface area (Å²) in [5, 5.41) is 0. The normalized spacial score (nSPS) is 16.1. The first-order valence-electron chi connectivity index (χ1n) is 6.69. The van der Waals surface area contributed by atoms with Crippen LogP contribution in [-0.2, 0) is 10.0 Å². The number of nitrogens with one attached hydrogen (secondary N) is 1. The molecule has 112 valence electrons. The van der Waals surface area contributed by atoms with E-state index in [1.165, 1.54) is 25.6 Å². The van der Waals surface area contributed by atoms with Gasteiger partial charge in [0.15, 0.2) is 0 Å². The third-order valence-corrected chi connectivity index (χ3v) is 3.75. The summed E-state index contributed by atoms with van der Waals surface area (Å²) in [4.78, 5) is 10.5. The molecule has 1 fully saturated rings. The van der Waals surface area contributed by atoms with Crippen molar-refractivity contribution in [2.24, 2.45) is 0 Å². The Morgan fingerprint density at radius 2 is 2.05 bits per heavy atom. The van der Waals surface area contributed by atoms with Crippen LogP contribution in [0.4, 0.5) is 5.82 Å². The highest BCUT2D eigenvalue weighted by atomic mass is 32.2. The van der Waals surface area contributed by atoms with Crippen LogP contribution in [0.25, 0.3) is 0 Å². The summed E-state index contributed by atoms with van der Waals surface area (Å²) in [7, 11) is -3.17. The Labute approximate surface area is 119 Å². The third-order valence-electron chi connectivity index (χ3n) is 3.02. The molecule has 0 unspecified atom stereocenters. The zero-order valence-corrected chi connectivity index (χ0v) is 12.4. The Balaban J connectivity index is 1.86. The second-order valence-electron chi connectivity index (χ2n) is 4.78. The number of aromatic nitrogens is 2. The second-order valence-corrected chi connectivity index (χ2v) is 6.61. The summed E-state index contributed by atoms with van der Waals surface area (Å²) in [5.74, 6) is 1.33. The van der Waals surface area contributed by atoms with Crippen molar-refractivity contribution in [1.29, 1.82) is 0 Å². The molecule has 8 heteroatoms. The lowest BCUT2D eigenvalue weighted by molar-refractivity contribution is 0.310. The molecule has 0 aliphatic carbocycles. The highest BCUT2D eigenvalue weighted by Gasteiger charge is 2.13. The van der Waals surface area contributed by atoms with E-state index in [-0.39, 0.29) is 13.2 Å². The van der Waals surface area contributed by atoms with Crippen molar-refractivity contribution in [3.05, 3.63) is 12.4 Å². The number of piperidine rings is 1. The smallest absolute Gasteiger partial charge is 0.218 e. The maximum absolute atomic E-state index is 10.9. The average Bonchev–Trinajstić information content (AvgIpc) is 2.44. The van der Waals surface area contributed by atoms with Gasteiger partial charge in [0.25, 0.3) is 0 Å². The first-order chi connectivity index (χ1) is 9.54. The maximum Gasteiger partial charge on any atom is 0.218 e. The van der Waals surface area contributed by atoms with Gasteiger partial charge < -0.3 is 9.64 Å². The topological polar surface area (TPSA) is 84.4 Å². The monoisotopic (exact) mass is 300 g/mol. The van der Waals surface area contributed by atoms with Crippen LogP contribution in [0.15, 0.2) is 12.4 Å². The van der Waals surface area contributed by atoms with Gasteiger partial charge in [-0.3, -0.25) is 0 Å². The Hall–Kier alpha value is -1.41. The van der Waals surface area contributed by atoms with Gasteiger partial charge in [-0.2, -0.15) is 0 Å². The minimum Gasteiger partial charge on any atom is -0.476 e. The second kappa shape index (κ2) is 6.85. The van der Waals surface area contributed by atoms with Crippen LogP contribution in [0.2, 0.25) is 0 Å². The number of anilines is 1. The van der Waals surface area contributed by atoms with Gasteiger partial charge in [0.05, 0.1) is 6.26 Å². The first kappa shape index (κ1) is 15.0. The van der Waals surface area contributed by atoms with Gasteiger partial charge in [-0.25, -0.2) is 23.1 Å².